The molecule has 2 aliphatic rings. The first-order valence-corrected chi connectivity index (χ1v) is 10.6. The van der Waals surface area contributed by atoms with Crippen LogP contribution in [0.1, 0.15) is 36.6 Å². The smallest absolute Gasteiger partial charge is 0.227 e. The van der Waals surface area contributed by atoms with Gasteiger partial charge in [-0.2, -0.15) is 0 Å². The van der Waals surface area contributed by atoms with Gasteiger partial charge in [0.2, 0.25) is 5.91 Å². The normalized spacial score (nSPS) is 26.0. The van der Waals surface area contributed by atoms with Crippen LogP contribution in [0, 0.1) is 0 Å². The maximum Gasteiger partial charge on any atom is 0.227 e. The number of thiophene rings is 1. The van der Waals surface area contributed by atoms with Gasteiger partial charge in [0.05, 0.1) is 16.9 Å². The first-order valence-electron chi connectivity index (χ1n) is 8.96. The Bertz CT molecular complexity index is 834. The zero-order chi connectivity index (χ0) is 18.3. The molecule has 0 radical (unpaired) electrons. The van der Waals surface area contributed by atoms with Crippen LogP contribution in [-0.2, 0) is 21.6 Å². The summed E-state index contributed by atoms with van der Waals surface area (Å²) in [7, 11) is 1.84. The number of nitrogens with zero attached hydrogens (tertiary/aromatic N) is 1. The van der Waals surface area contributed by atoms with Crippen molar-refractivity contribution in [3.8, 4) is 0 Å². The van der Waals surface area contributed by atoms with Crippen LogP contribution in [0.3, 0.4) is 0 Å². The summed E-state index contributed by atoms with van der Waals surface area (Å²) in [6.07, 6.45) is 2.78. The van der Waals surface area contributed by atoms with Crippen LogP contribution in [-0.4, -0.2) is 30.8 Å². The lowest BCUT2D eigenvalue weighted by atomic mass is 9.89. The van der Waals surface area contributed by atoms with E-state index < -0.39 is 5.60 Å². The predicted molar refractivity (Wildman–Crippen MR) is 105 cm³/mol. The number of carbonyl (C=O) groups excluding carboxylic acids is 1. The predicted octanol–water partition coefficient (Wildman–Crippen LogP) is 4.19. The van der Waals surface area contributed by atoms with E-state index in [9.17, 15) is 9.90 Å². The average molecular weight is 390 g/mol. The van der Waals surface area contributed by atoms with Gasteiger partial charge in [0, 0.05) is 41.8 Å². The number of ether oxygens (including phenoxy) is 1. The maximum atomic E-state index is 11.8. The number of aliphatic hydroxyl groups is 1. The number of anilines is 1. The molecule has 1 N–H and O–H groups in total. The van der Waals surface area contributed by atoms with E-state index in [1.165, 1.54) is 14.7 Å². The van der Waals surface area contributed by atoms with Crippen molar-refractivity contribution in [2.24, 2.45) is 0 Å². The molecule has 1 saturated heterocycles. The Kier molecular flexibility index (Phi) is 4.86. The van der Waals surface area contributed by atoms with Gasteiger partial charge in [-0.05, 0) is 49.2 Å². The highest BCUT2D eigenvalue weighted by Gasteiger charge is 2.36. The van der Waals surface area contributed by atoms with Gasteiger partial charge in [-0.25, -0.2) is 0 Å². The Morgan fingerprint density at radius 1 is 1.31 bits per heavy atom. The lowest BCUT2D eigenvalue weighted by Crippen LogP contribution is -2.36. The molecule has 3 heterocycles. The second kappa shape index (κ2) is 7.00. The van der Waals surface area contributed by atoms with Crippen LogP contribution < -0.4 is 4.90 Å². The van der Waals surface area contributed by atoms with E-state index in [1.807, 2.05) is 20.0 Å². The van der Waals surface area contributed by atoms with Crippen molar-refractivity contribution in [2.45, 2.75) is 53.4 Å². The van der Waals surface area contributed by atoms with Crippen LogP contribution in [0.4, 0.5) is 5.69 Å². The zero-order valence-corrected chi connectivity index (χ0v) is 16.7. The van der Waals surface area contributed by atoms with E-state index in [1.54, 1.807) is 28.0 Å². The number of hydrogen-bond donors (Lipinski definition) is 1. The van der Waals surface area contributed by atoms with Gasteiger partial charge >= 0.3 is 0 Å². The molecule has 2 atom stereocenters. The van der Waals surface area contributed by atoms with Gasteiger partial charge < -0.3 is 14.7 Å². The van der Waals surface area contributed by atoms with Crippen LogP contribution in [0.5, 0.6) is 0 Å². The van der Waals surface area contributed by atoms with E-state index >= 15 is 0 Å². The lowest BCUT2D eigenvalue weighted by Gasteiger charge is -2.34. The molecule has 4 nitrogen and oxygen atoms in total. The van der Waals surface area contributed by atoms with Gasteiger partial charge in [-0.15, -0.1) is 11.3 Å². The fourth-order valence-corrected chi connectivity index (χ4v) is 6.02. The summed E-state index contributed by atoms with van der Waals surface area (Å²) in [6, 6.07) is 10.4. The molecule has 138 valence electrons. The topological polar surface area (TPSA) is 49.8 Å². The Labute approximate surface area is 162 Å². The average Bonchev–Trinajstić information content (AvgIpc) is 3.07. The highest BCUT2D eigenvalue weighted by atomic mass is 32.2. The second-order valence-corrected chi connectivity index (χ2v) is 9.59. The Balaban J connectivity index is 1.52. The first kappa shape index (κ1) is 18.0. The third-order valence-electron chi connectivity index (χ3n) is 5.20. The maximum absolute atomic E-state index is 11.8. The minimum absolute atomic E-state index is 0.0901. The molecule has 1 aromatic carbocycles. The van der Waals surface area contributed by atoms with E-state index in [-0.39, 0.29) is 12.0 Å². The minimum Gasteiger partial charge on any atom is -0.384 e. The quantitative estimate of drug-likeness (QED) is 0.855. The SMILES string of the molecule is C[C@H]1C[C@@](O)(c2ccc(Sc3ccc4c(c3)CCC(=O)N4C)s2)CCO1. The molecule has 4 rings (SSSR count). The standard InChI is InChI=1S/C20H23NO3S2/c1-13-12-20(23,9-10-24-13)17-6-8-19(26-17)25-15-4-5-16-14(11-15)3-7-18(22)21(16)2/h4-6,8,11,13,23H,3,7,9-10,12H2,1-2H3/t13-,20+/m0/s1. The van der Waals surface area contributed by atoms with Gasteiger partial charge in [0.1, 0.15) is 5.60 Å². The van der Waals surface area contributed by atoms with Crippen molar-refractivity contribution in [1.82, 2.24) is 0 Å². The van der Waals surface area contributed by atoms with Gasteiger partial charge in [0.15, 0.2) is 0 Å². The Morgan fingerprint density at radius 2 is 2.15 bits per heavy atom. The molecule has 1 aromatic heterocycles. The summed E-state index contributed by atoms with van der Waals surface area (Å²) in [5.74, 6) is 0.180. The van der Waals surface area contributed by atoms with Crippen molar-refractivity contribution >= 4 is 34.7 Å². The van der Waals surface area contributed by atoms with Gasteiger partial charge in [-0.3, -0.25) is 4.79 Å². The van der Waals surface area contributed by atoms with Crippen LogP contribution >= 0.6 is 23.1 Å². The largest absolute Gasteiger partial charge is 0.384 e. The number of rotatable bonds is 3. The van der Waals surface area contributed by atoms with E-state index in [2.05, 4.69) is 24.3 Å². The van der Waals surface area contributed by atoms with E-state index in [4.69, 9.17) is 4.74 Å². The second-order valence-electron chi connectivity index (χ2n) is 7.13. The number of benzene rings is 1. The molecule has 0 saturated carbocycles. The fraction of sp³-hybridized carbons (Fsp3) is 0.450. The van der Waals surface area contributed by atoms with Crippen molar-refractivity contribution < 1.29 is 14.6 Å². The third-order valence-corrected chi connectivity index (χ3v) is 7.60. The molecule has 0 unspecified atom stereocenters. The summed E-state index contributed by atoms with van der Waals surface area (Å²) >= 11 is 3.39. The highest BCUT2D eigenvalue weighted by molar-refractivity contribution is 8.01. The monoisotopic (exact) mass is 389 g/mol. The van der Waals surface area contributed by atoms with E-state index in [0.29, 0.717) is 25.9 Å². The molecular formula is C20H23NO3S2. The Hall–Kier alpha value is -1.34. The molecule has 0 spiro atoms. The van der Waals surface area contributed by atoms with Crippen molar-refractivity contribution in [1.29, 1.82) is 0 Å². The number of amides is 1. The molecular weight excluding hydrogens is 366 g/mol. The number of fused-ring (bicyclic) bond motifs is 1. The summed E-state index contributed by atoms with van der Waals surface area (Å²) in [4.78, 5) is 15.8. The van der Waals surface area contributed by atoms with Crippen LogP contribution in [0.15, 0.2) is 39.4 Å². The summed E-state index contributed by atoms with van der Waals surface area (Å²) in [6.45, 7) is 2.62. The van der Waals surface area contributed by atoms with Gasteiger partial charge in [-0.1, -0.05) is 11.8 Å². The third kappa shape index (κ3) is 3.43. The zero-order valence-electron chi connectivity index (χ0n) is 15.0. The summed E-state index contributed by atoms with van der Waals surface area (Å²) in [5, 5.41) is 11.0. The minimum atomic E-state index is -0.764. The van der Waals surface area contributed by atoms with E-state index in [0.717, 1.165) is 17.0 Å². The lowest BCUT2D eigenvalue weighted by molar-refractivity contribution is -0.118. The summed E-state index contributed by atoms with van der Waals surface area (Å²) < 4.78 is 6.75. The molecule has 2 aliphatic heterocycles. The molecule has 1 fully saturated rings. The fourth-order valence-electron chi connectivity index (χ4n) is 3.73. The van der Waals surface area contributed by atoms with Crippen molar-refractivity contribution in [3.05, 3.63) is 40.8 Å². The van der Waals surface area contributed by atoms with Gasteiger partial charge in [0.25, 0.3) is 0 Å². The molecule has 0 bridgehead atoms. The number of aryl methyl sites for hydroxylation is 1. The number of carbonyl (C=O) groups is 1. The van der Waals surface area contributed by atoms with Crippen LogP contribution in [0.25, 0.3) is 0 Å². The van der Waals surface area contributed by atoms with Crippen molar-refractivity contribution in [3.63, 3.8) is 0 Å². The molecule has 0 aliphatic carbocycles. The molecule has 1 amide bonds. The van der Waals surface area contributed by atoms with Crippen LogP contribution in [0.2, 0.25) is 0 Å². The number of hydrogen-bond acceptors (Lipinski definition) is 5. The Morgan fingerprint density at radius 3 is 2.96 bits per heavy atom. The molecule has 6 heteroatoms. The molecule has 2 aromatic rings. The highest BCUT2D eigenvalue weighted by Crippen LogP contribution is 2.43. The molecule has 26 heavy (non-hydrogen) atoms. The summed E-state index contributed by atoms with van der Waals surface area (Å²) in [5.41, 5.74) is 1.48. The first-order chi connectivity index (χ1) is 12.4. The van der Waals surface area contributed by atoms with Crippen molar-refractivity contribution in [2.75, 3.05) is 18.6 Å².